The first kappa shape index (κ1) is 15.3. The summed E-state index contributed by atoms with van der Waals surface area (Å²) in [6.07, 6.45) is 8.12. The molecule has 3 rings (SSSR count). The van der Waals surface area contributed by atoms with Crippen LogP contribution in [0.15, 0.2) is 16.6 Å². The quantitative estimate of drug-likeness (QED) is 0.879. The van der Waals surface area contributed by atoms with Gasteiger partial charge in [0.25, 0.3) is 0 Å². The molecular formula is C17H24BrNO2. The van der Waals surface area contributed by atoms with Crippen molar-refractivity contribution in [3.8, 4) is 5.75 Å². The van der Waals surface area contributed by atoms with Gasteiger partial charge in [-0.1, -0.05) is 15.9 Å². The topological polar surface area (TPSA) is 44.5 Å². The Kier molecular flexibility index (Phi) is 5.19. The highest BCUT2D eigenvalue weighted by molar-refractivity contribution is 9.10. The minimum Gasteiger partial charge on any atom is -0.493 e. The second-order valence-electron chi connectivity index (χ2n) is 6.18. The lowest BCUT2D eigenvalue weighted by Crippen LogP contribution is -2.27. The zero-order valence-corrected chi connectivity index (χ0v) is 14.0. The average molecular weight is 354 g/mol. The van der Waals surface area contributed by atoms with E-state index in [1.54, 1.807) is 0 Å². The zero-order chi connectivity index (χ0) is 14.7. The summed E-state index contributed by atoms with van der Waals surface area (Å²) in [4.78, 5) is 0. The van der Waals surface area contributed by atoms with E-state index in [4.69, 9.17) is 15.2 Å². The Morgan fingerprint density at radius 1 is 1.29 bits per heavy atom. The normalized spacial score (nSPS) is 22.7. The molecule has 2 unspecified atom stereocenters. The van der Waals surface area contributed by atoms with E-state index in [1.807, 2.05) is 0 Å². The number of rotatable bonds is 5. The molecule has 0 aliphatic carbocycles. The van der Waals surface area contributed by atoms with Gasteiger partial charge in [-0.15, -0.1) is 0 Å². The molecule has 0 aromatic heterocycles. The van der Waals surface area contributed by atoms with Crippen LogP contribution in [0.4, 0.5) is 0 Å². The summed E-state index contributed by atoms with van der Waals surface area (Å²) in [7, 11) is 0. The Hall–Kier alpha value is -0.580. The van der Waals surface area contributed by atoms with Gasteiger partial charge in [-0.3, -0.25) is 0 Å². The number of ether oxygens (including phenoxy) is 2. The van der Waals surface area contributed by atoms with Crippen LogP contribution in [0.2, 0.25) is 0 Å². The third kappa shape index (κ3) is 3.99. The first-order chi connectivity index (χ1) is 10.2. The Balaban J connectivity index is 1.56. The summed E-state index contributed by atoms with van der Waals surface area (Å²) in [5.41, 5.74) is 8.89. The molecule has 3 nitrogen and oxygen atoms in total. The lowest BCUT2D eigenvalue weighted by atomic mass is 9.96. The van der Waals surface area contributed by atoms with Gasteiger partial charge in [0.15, 0.2) is 0 Å². The maximum Gasteiger partial charge on any atom is 0.125 e. The fourth-order valence-electron chi connectivity index (χ4n) is 3.32. The van der Waals surface area contributed by atoms with Crippen LogP contribution in [-0.4, -0.2) is 25.4 Å². The van der Waals surface area contributed by atoms with Gasteiger partial charge in [0.1, 0.15) is 5.75 Å². The van der Waals surface area contributed by atoms with Crippen molar-refractivity contribution < 1.29 is 9.47 Å². The number of nitrogens with two attached hydrogens (primary N) is 1. The molecule has 0 bridgehead atoms. The molecule has 21 heavy (non-hydrogen) atoms. The molecule has 0 radical (unpaired) electrons. The minimum absolute atomic E-state index is 0.179. The van der Waals surface area contributed by atoms with Crippen molar-refractivity contribution in [1.82, 2.24) is 0 Å². The molecule has 4 heteroatoms. The summed E-state index contributed by atoms with van der Waals surface area (Å²) in [5.74, 6) is 1.07. The number of hydrogen-bond donors (Lipinski definition) is 1. The molecule has 116 valence electrons. The van der Waals surface area contributed by atoms with Gasteiger partial charge in [0.2, 0.25) is 0 Å². The van der Waals surface area contributed by atoms with Gasteiger partial charge in [-0.05, 0) is 61.8 Å². The fraction of sp³-hybridized carbons (Fsp3) is 0.647. The highest BCUT2D eigenvalue weighted by Gasteiger charge is 2.20. The van der Waals surface area contributed by atoms with Crippen LogP contribution in [0.1, 0.15) is 43.2 Å². The Labute approximate surface area is 135 Å². The molecule has 0 spiro atoms. The van der Waals surface area contributed by atoms with Gasteiger partial charge in [0.05, 0.1) is 12.7 Å². The number of halogens is 1. The van der Waals surface area contributed by atoms with Crippen molar-refractivity contribution in [3.63, 3.8) is 0 Å². The van der Waals surface area contributed by atoms with E-state index in [0.717, 1.165) is 49.1 Å². The second kappa shape index (κ2) is 7.12. The molecule has 1 aromatic carbocycles. The van der Waals surface area contributed by atoms with Crippen molar-refractivity contribution in [2.24, 2.45) is 5.73 Å². The molecule has 0 saturated carbocycles. The molecule has 2 aliphatic rings. The van der Waals surface area contributed by atoms with Crippen LogP contribution < -0.4 is 10.5 Å². The van der Waals surface area contributed by atoms with Crippen LogP contribution in [0.25, 0.3) is 0 Å². The summed E-state index contributed by atoms with van der Waals surface area (Å²) in [6.45, 7) is 1.72. The molecule has 2 N–H and O–H groups in total. The highest BCUT2D eigenvalue weighted by atomic mass is 79.9. The van der Waals surface area contributed by atoms with Crippen molar-refractivity contribution >= 4 is 15.9 Å². The number of benzene rings is 1. The molecule has 0 amide bonds. The SMILES string of the molecule is NC(CCC1CCCCO1)Cc1cc(Br)cc2c1OCC2. The Bertz CT molecular complexity index is 486. The number of fused-ring (bicyclic) bond motifs is 1. The summed E-state index contributed by atoms with van der Waals surface area (Å²) in [6, 6.07) is 4.49. The summed E-state index contributed by atoms with van der Waals surface area (Å²) in [5, 5.41) is 0. The van der Waals surface area contributed by atoms with E-state index in [0.29, 0.717) is 6.10 Å². The van der Waals surface area contributed by atoms with Crippen molar-refractivity contribution in [2.45, 2.75) is 57.1 Å². The van der Waals surface area contributed by atoms with Crippen molar-refractivity contribution in [3.05, 3.63) is 27.7 Å². The second-order valence-corrected chi connectivity index (χ2v) is 7.10. The Morgan fingerprint density at radius 2 is 2.19 bits per heavy atom. The standard InChI is InChI=1S/C17H24BrNO2/c18-14-9-12-6-8-21-17(12)13(10-14)11-15(19)4-5-16-3-1-2-7-20-16/h9-10,15-16H,1-8,11,19H2. The predicted molar refractivity (Wildman–Crippen MR) is 87.8 cm³/mol. The third-order valence-corrected chi connectivity index (χ3v) is 4.90. The van der Waals surface area contributed by atoms with Crippen LogP contribution in [0, 0.1) is 0 Å². The maximum absolute atomic E-state index is 6.34. The van der Waals surface area contributed by atoms with Gasteiger partial charge in [0, 0.05) is 23.5 Å². The van der Waals surface area contributed by atoms with E-state index in [2.05, 4.69) is 28.1 Å². The predicted octanol–water partition coefficient (Wildman–Crippen LogP) is 3.60. The molecule has 2 heterocycles. The highest BCUT2D eigenvalue weighted by Crippen LogP contribution is 2.34. The van der Waals surface area contributed by atoms with Crippen molar-refractivity contribution in [2.75, 3.05) is 13.2 Å². The molecule has 1 aromatic rings. The van der Waals surface area contributed by atoms with Gasteiger partial charge in [-0.2, -0.15) is 0 Å². The largest absolute Gasteiger partial charge is 0.493 e. The fourth-order valence-corrected chi connectivity index (χ4v) is 3.87. The molecule has 1 fully saturated rings. The van der Waals surface area contributed by atoms with E-state index in [1.165, 1.54) is 30.4 Å². The molecular weight excluding hydrogens is 330 g/mol. The monoisotopic (exact) mass is 353 g/mol. The lowest BCUT2D eigenvalue weighted by Gasteiger charge is -2.24. The molecule has 2 aliphatic heterocycles. The van der Waals surface area contributed by atoms with E-state index < -0.39 is 0 Å². The average Bonchev–Trinajstić information content (AvgIpc) is 2.94. The van der Waals surface area contributed by atoms with E-state index >= 15 is 0 Å². The van der Waals surface area contributed by atoms with Gasteiger partial charge >= 0.3 is 0 Å². The lowest BCUT2D eigenvalue weighted by molar-refractivity contribution is 0.00915. The van der Waals surface area contributed by atoms with Crippen LogP contribution >= 0.6 is 15.9 Å². The molecule has 1 saturated heterocycles. The van der Waals surface area contributed by atoms with E-state index in [9.17, 15) is 0 Å². The first-order valence-corrected chi connectivity index (χ1v) is 8.83. The number of hydrogen-bond acceptors (Lipinski definition) is 3. The molecule has 2 atom stereocenters. The Morgan fingerprint density at radius 3 is 3.00 bits per heavy atom. The summed E-state index contributed by atoms with van der Waals surface area (Å²) >= 11 is 3.59. The van der Waals surface area contributed by atoms with Crippen LogP contribution in [-0.2, 0) is 17.6 Å². The summed E-state index contributed by atoms with van der Waals surface area (Å²) < 4.78 is 12.7. The minimum atomic E-state index is 0.179. The van der Waals surface area contributed by atoms with E-state index in [-0.39, 0.29) is 6.04 Å². The van der Waals surface area contributed by atoms with Crippen molar-refractivity contribution in [1.29, 1.82) is 0 Å². The smallest absolute Gasteiger partial charge is 0.125 e. The van der Waals surface area contributed by atoms with Gasteiger partial charge < -0.3 is 15.2 Å². The van der Waals surface area contributed by atoms with Gasteiger partial charge in [-0.25, -0.2) is 0 Å². The van der Waals surface area contributed by atoms with Crippen LogP contribution in [0.5, 0.6) is 5.75 Å². The maximum atomic E-state index is 6.34. The zero-order valence-electron chi connectivity index (χ0n) is 12.4. The first-order valence-electron chi connectivity index (χ1n) is 8.03. The third-order valence-electron chi connectivity index (χ3n) is 4.44. The van der Waals surface area contributed by atoms with Crippen LogP contribution in [0.3, 0.4) is 0 Å².